The van der Waals surface area contributed by atoms with Crippen molar-refractivity contribution in [3.8, 4) is 0 Å². The molecule has 2 aromatic rings. The molecule has 0 saturated carbocycles. The highest BCUT2D eigenvalue weighted by molar-refractivity contribution is 5.99. The first-order valence-corrected chi connectivity index (χ1v) is 6.44. The Balaban J connectivity index is 2.07. The molecule has 7 heteroatoms. The van der Waals surface area contributed by atoms with Crippen LogP contribution in [0.1, 0.15) is 35.2 Å². The average molecular weight is 275 g/mol. The van der Waals surface area contributed by atoms with Crippen molar-refractivity contribution < 1.29 is 9.32 Å². The summed E-state index contributed by atoms with van der Waals surface area (Å²) in [5, 5.41) is 9.60. The summed E-state index contributed by atoms with van der Waals surface area (Å²) < 4.78 is 4.61. The minimum atomic E-state index is -0.221. The zero-order valence-electron chi connectivity index (χ0n) is 11.5. The van der Waals surface area contributed by atoms with Crippen LogP contribution >= 0.6 is 0 Å². The summed E-state index contributed by atoms with van der Waals surface area (Å²) in [6.45, 7) is 4.97. The molecule has 0 spiro atoms. The van der Waals surface area contributed by atoms with Gasteiger partial charge in [-0.1, -0.05) is 12.1 Å². The van der Waals surface area contributed by atoms with Crippen LogP contribution in [0.4, 0.5) is 5.69 Å². The van der Waals surface area contributed by atoms with E-state index in [1.54, 1.807) is 6.20 Å². The Morgan fingerprint density at radius 1 is 1.40 bits per heavy atom. The summed E-state index contributed by atoms with van der Waals surface area (Å²) in [6.07, 6.45) is 3.77. The highest BCUT2D eigenvalue weighted by atomic mass is 16.5. The average Bonchev–Trinajstić information content (AvgIpc) is 2.96. The van der Waals surface area contributed by atoms with E-state index in [0.717, 1.165) is 24.3 Å². The van der Waals surface area contributed by atoms with Gasteiger partial charge in [0.1, 0.15) is 0 Å². The second-order valence-corrected chi connectivity index (χ2v) is 4.33. The lowest BCUT2D eigenvalue weighted by Gasteiger charge is -2.11. The molecule has 2 aromatic heterocycles. The third-order valence-electron chi connectivity index (χ3n) is 2.66. The molecule has 0 atom stereocenters. The van der Waals surface area contributed by atoms with Gasteiger partial charge < -0.3 is 15.2 Å². The van der Waals surface area contributed by atoms with Gasteiger partial charge in [-0.2, -0.15) is 4.98 Å². The zero-order valence-corrected chi connectivity index (χ0v) is 11.5. The fourth-order valence-electron chi connectivity index (χ4n) is 1.67. The van der Waals surface area contributed by atoms with Crippen molar-refractivity contribution in [2.75, 3.05) is 11.9 Å². The SMILES string of the molecule is CCCNc1cc(C)ncc1C(=O)NCc1ncon1. The molecule has 0 fully saturated rings. The Labute approximate surface area is 116 Å². The molecule has 0 aliphatic rings. The Kier molecular flexibility index (Phi) is 4.65. The largest absolute Gasteiger partial charge is 0.384 e. The van der Waals surface area contributed by atoms with Crippen molar-refractivity contribution in [2.45, 2.75) is 26.8 Å². The zero-order chi connectivity index (χ0) is 14.4. The molecule has 1 amide bonds. The molecule has 20 heavy (non-hydrogen) atoms. The highest BCUT2D eigenvalue weighted by Gasteiger charge is 2.12. The highest BCUT2D eigenvalue weighted by Crippen LogP contribution is 2.15. The number of pyridine rings is 1. The van der Waals surface area contributed by atoms with E-state index in [4.69, 9.17) is 0 Å². The van der Waals surface area contributed by atoms with Crippen LogP contribution in [0.25, 0.3) is 0 Å². The quantitative estimate of drug-likeness (QED) is 0.830. The van der Waals surface area contributed by atoms with Gasteiger partial charge in [0, 0.05) is 18.4 Å². The molecule has 106 valence electrons. The van der Waals surface area contributed by atoms with Gasteiger partial charge in [-0.3, -0.25) is 9.78 Å². The summed E-state index contributed by atoms with van der Waals surface area (Å²) in [4.78, 5) is 20.2. The third-order valence-corrected chi connectivity index (χ3v) is 2.66. The number of aryl methyl sites for hydroxylation is 1. The maximum absolute atomic E-state index is 12.2. The van der Waals surface area contributed by atoms with E-state index in [1.807, 2.05) is 13.0 Å². The predicted octanol–water partition coefficient (Wildman–Crippen LogP) is 1.52. The molecule has 7 nitrogen and oxygen atoms in total. The van der Waals surface area contributed by atoms with Gasteiger partial charge in [-0.15, -0.1) is 0 Å². The van der Waals surface area contributed by atoms with Gasteiger partial charge in [-0.25, -0.2) is 0 Å². The van der Waals surface area contributed by atoms with Crippen LogP contribution in [0.3, 0.4) is 0 Å². The standard InChI is InChI=1S/C13H17N5O2/c1-3-4-14-11-5-9(2)15-6-10(11)13(19)16-7-12-17-8-20-18-12/h5-6,8H,3-4,7H2,1-2H3,(H,14,15)(H,16,19). The summed E-state index contributed by atoms with van der Waals surface area (Å²) in [5.74, 6) is 0.211. The topological polar surface area (TPSA) is 92.9 Å². The number of carbonyl (C=O) groups is 1. The number of rotatable bonds is 6. The molecule has 2 heterocycles. The van der Waals surface area contributed by atoms with Crippen LogP contribution in [0.5, 0.6) is 0 Å². The Bertz CT molecular complexity index is 568. The smallest absolute Gasteiger partial charge is 0.255 e. The number of amides is 1. The molecule has 0 unspecified atom stereocenters. The molecular formula is C13H17N5O2. The number of nitrogens with one attached hydrogen (secondary N) is 2. The predicted molar refractivity (Wildman–Crippen MR) is 73.2 cm³/mol. The molecule has 0 bridgehead atoms. The molecule has 0 radical (unpaired) electrons. The summed E-state index contributed by atoms with van der Waals surface area (Å²) >= 11 is 0. The monoisotopic (exact) mass is 275 g/mol. The lowest BCUT2D eigenvalue weighted by atomic mass is 10.2. The summed E-state index contributed by atoms with van der Waals surface area (Å²) in [6, 6.07) is 1.86. The molecule has 0 saturated heterocycles. The Hall–Kier alpha value is -2.44. The number of hydrogen-bond acceptors (Lipinski definition) is 6. The number of aromatic nitrogens is 3. The van der Waals surface area contributed by atoms with Gasteiger partial charge in [0.05, 0.1) is 17.8 Å². The lowest BCUT2D eigenvalue weighted by Crippen LogP contribution is -2.25. The minimum Gasteiger partial charge on any atom is -0.384 e. The van der Waals surface area contributed by atoms with Crippen LogP contribution in [0.2, 0.25) is 0 Å². The van der Waals surface area contributed by atoms with Crippen LogP contribution < -0.4 is 10.6 Å². The molecule has 0 aliphatic carbocycles. The fourth-order valence-corrected chi connectivity index (χ4v) is 1.67. The van der Waals surface area contributed by atoms with E-state index in [9.17, 15) is 4.79 Å². The molecule has 2 rings (SSSR count). The number of carbonyl (C=O) groups excluding carboxylic acids is 1. The molecule has 0 aromatic carbocycles. The van der Waals surface area contributed by atoms with Gasteiger partial charge in [0.15, 0.2) is 5.82 Å². The van der Waals surface area contributed by atoms with Crippen LogP contribution in [-0.2, 0) is 6.54 Å². The number of hydrogen-bond donors (Lipinski definition) is 2. The summed E-state index contributed by atoms with van der Waals surface area (Å²) in [7, 11) is 0. The van der Waals surface area contributed by atoms with E-state index < -0.39 is 0 Å². The van der Waals surface area contributed by atoms with Gasteiger partial charge in [0.25, 0.3) is 5.91 Å². The summed E-state index contributed by atoms with van der Waals surface area (Å²) in [5.41, 5.74) is 2.15. The van der Waals surface area contributed by atoms with Crippen LogP contribution in [-0.4, -0.2) is 27.6 Å². The van der Waals surface area contributed by atoms with Crippen molar-refractivity contribution in [1.82, 2.24) is 20.4 Å². The van der Waals surface area contributed by atoms with Gasteiger partial charge in [0.2, 0.25) is 6.39 Å². The first-order chi connectivity index (χ1) is 9.70. The normalized spacial score (nSPS) is 10.3. The minimum absolute atomic E-state index is 0.219. The van der Waals surface area contributed by atoms with E-state index in [1.165, 1.54) is 6.39 Å². The van der Waals surface area contributed by atoms with Crippen molar-refractivity contribution in [1.29, 1.82) is 0 Å². The molecule has 0 aliphatic heterocycles. The lowest BCUT2D eigenvalue weighted by molar-refractivity contribution is 0.0950. The van der Waals surface area contributed by atoms with Crippen molar-refractivity contribution >= 4 is 11.6 Å². The Morgan fingerprint density at radius 3 is 2.95 bits per heavy atom. The molecular weight excluding hydrogens is 258 g/mol. The van der Waals surface area contributed by atoms with Crippen molar-refractivity contribution in [3.63, 3.8) is 0 Å². The van der Waals surface area contributed by atoms with E-state index >= 15 is 0 Å². The van der Waals surface area contributed by atoms with Gasteiger partial charge >= 0.3 is 0 Å². The van der Waals surface area contributed by atoms with Crippen molar-refractivity contribution in [3.05, 3.63) is 35.7 Å². The van der Waals surface area contributed by atoms with Gasteiger partial charge in [-0.05, 0) is 19.4 Å². The fraction of sp³-hybridized carbons (Fsp3) is 0.385. The van der Waals surface area contributed by atoms with Crippen molar-refractivity contribution in [2.24, 2.45) is 0 Å². The second kappa shape index (κ2) is 6.65. The number of nitrogens with zero attached hydrogens (tertiary/aromatic N) is 3. The maximum Gasteiger partial charge on any atom is 0.255 e. The first-order valence-electron chi connectivity index (χ1n) is 6.44. The van der Waals surface area contributed by atoms with Crippen LogP contribution in [0.15, 0.2) is 23.2 Å². The van der Waals surface area contributed by atoms with E-state index in [0.29, 0.717) is 11.4 Å². The molecule has 2 N–H and O–H groups in total. The maximum atomic E-state index is 12.2. The van der Waals surface area contributed by atoms with E-state index in [-0.39, 0.29) is 12.5 Å². The van der Waals surface area contributed by atoms with E-state index in [2.05, 4.69) is 37.2 Å². The first kappa shape index (κ1) is 14.0. The third kappa shape index (κ3) is 3.53. The Morgan fingerprint density at radius 2 is 2.25 bits per heavy atom. The van der Waals surface area contributed by atoms with Crippen LogP contribution in [0, 0.1) is 6.92 Å². The second-order valence-electron chi connectivity index (χ2n) is 4.33. The number of anilines is 1.